The summed E-state index contributed by atoms with van der Waals surface area (Å²) in [4.78, 5) is 11.9. The topological polar surface area (TPSA) is 61.6 Å². The average molecular weight is 369 g/mol. The van der Waals surface area contributed by atoms with E-state index in [1.807, 2.05) is 26.0 Å². The Morgan fingerprint density at radius 2 is 1.85 bits per heavy atom. The maximum Gasteiger partial charge on any atom is 0.310 e. The SMILES string of the molecule is Cc1noc(C)c1COc1ccc(CC(=O)OCc2cccc(F)c2)cc1. The minimum absolute atomic E-state index is 0.0508. The van der Waals surface area contributed by atoms with Crippen LogP contribution in [-0.2, 0) is 29.2 Å². The van der Waals surface area contributed by atoms with Gasteiger partial charge in [0.05, 0.1) is 17.7 Å². The van der Waals surface area contributed by atoms with E-state index < -0.39 is 0 Å². The first-order chi connectivity index (χ1) is 13.0. The standard InChI is InChI=1S/C21H20FNO4/c1-14-20(15(2)27-23-14)13-25-19-8-6-16(7-9-19)11-21(24)26-12-17-4-3-5-18(22)10-17/h3-10H,11-13H2,1-2H3. The Morgan fingerprint density at radius 3 is 2.52 bits per heavy atom. The molecule has 0 atom stereocenters. The van der Waals surface area contributed by atoms with Crippen LogP contribution in [0.1, 0.15) is 28.1 Å². The third-order valence-corrected chi connectivity index (χ3v) is 4.13. The fraction of sp³-hybridized carbons (Fsp3) is 0.238. The van der Waals surface area contributed by atoms with Gasteiger partial charge in [-0.25, -0.2) is 4.39 Å². The van der Waals surface area contributed by atoms with E-state index in [0.29, 0.717) is 17.9 Å². The van der Waals surface area contributed by atoms with E-state index in [9.17, 15) is 9.18 Å². The molecule has 0 radical (unpaired) electrons. The molecule has 3 rings (SSSR count). The van der Waals surface area contributed by atoms with Crippen LogP contribution in [0.3, 0.4) is 0 Å². The van der Waals surface area contributed by atoms with E-state index in [-0.39, 0.29) is 24.8 Å². The minimum Gasteiger partial charge on any atom is -0.489 e. The van der Waals surface area contributed by atoms with E-state index >= 15 is 0 Å². The highest BCUT2D eigenvalue weighted by Gasteiger charge is 2.10. The maximum absolute atomic E-state index is 13.1. The van der Waals surface area contributed by atoms with Crippen LogP contribution >= 0.6 is 0 Å². The van der Waals surface area contributed by atoms with Crippen molar-refractivity contribution in [1.82, 2.24) is 5.16 Å². The summed E-state index contributed by atoms with van der Waals surface area (Å²) in [6.45, 7) is 4.14. The summed E-state index contributed by atoms with van der Waals surface area (Å²) in [5, 5.41) is 3.89. The largest absolute Gasteiger partial charge is 0.489 e. The number of aryl methyl sites for hydroxylation is 2. The summed E-state index contributed by atoms with van der Waals surface area (Å²) >= 11 is 0. The van der Waals surface area contributed by atoms with Crippen molar-refractivity contribution in [3.8, 4) is 5.75 Å². The predicted octanol–water partition coefficient (Wildman–Crippen LogP) is 4.30. The Kier molecular flexibility index (Phi) is 5.86. The van der Waals surface area contributed by atoms with Crippen LogP contribution in [-0.4, -0.2) is 11.1 Å². The fourth-order valence-electron chi connectivity index (χ4n) is 2.58. The van der Waals surface area contributed by atoms with Crippen LogP contribution in [0.4, 0.5) is 4.39 Å². The van der Waals surface area contributed by atoms with Gasteiger partial charge in [-0.2, -0.15) is 0 Å². The number of benzene rings is 2. The van der Waals surface area contributed by atoms with Crippen LogP contribution in [0.15, 0.2) is 53.1 Å². The molecule has 140 valence electrons. The van der Waals surface area contributed by atoms with E-state index in [4.69, 9.17) is 14.0 Å². The summed E-state index contributed by atoms with van der Waals surface area (Å²) in [7, 11) is 0. The van der Waals surface area contributed by atoms with Gasteiger partial charge in [-0.15, -0.1) is 0 Å². The molecule has 0 aliphatic heterocycles. The fourth-order valence-corrected chi connectivity index (χ4v) is 2.58. The molecule has 2 aromatic carbocycles. The van der Waals surface area contributed by atoms with Crippen molar-refractivity contribution in [1.29, 1.82) is 0 Å². The van der Waals surface area contributed by atoms with Crippen LogP contribution in [0.5, 0.6) is 5.75 Å². The number of esters is 1. The second-order valence-electron chi connectivity index (χ2n) is 6.20. The number of carbonyl (C=O) groups excluding carboxylic acids is 1. The lowest BCUT2D eigenvalue weighted by Crippen LogP contribution is -2.08. The zero-order valence-corrected chi connectivity index (χ0v) is 15.2. The second-order valence-corrected chi connectivity index (χ2v) is 6.20. The number of rotatable bonds is 7. The Labute approximate surface area is 156 Å². The number of halogens is 1. The van der Waals surface area contributed by atoms with E-state index in [1.165, 1.54) is 12.1 Å². The number of carbonyl (C=O) groups is 1. The molecular formula is C21H20FNO4. The Hall–Kier alpha value is -3.15. The van der Waals surface area contributed by atoms with Gasteiger partial charge in [-0.1, -0.05) is 29.4 Å². The quantitative estimate of drug-likeness (QED) is 0.581. The van der Waals surface area contributed by atoms with Crippen molar-refractivity contribution in [2.75, 3.05) is 0 Å². The van der Waals surface area contributed by atoms with Crippen molar-refractivity contribution in [2.24, 2.45) is 0 Å². The summed E-state index contributed by atoms with van der Waals surface area (Å²) in [6, 6.07) is 13.2. The first-order valence-electron chi connectivity index (χ1n) is 8.55. The van der Waals surface area contributed by atoms with Crippen molar-refractivity contribution in [2.45, 2.75) is 33.5 Å². The number of hydrogen-bond donors (Lipinski definition) is 0. The summed E-state index contributed by atoms with van der Waals surface area (Å²) in [6.07, 6.45) is 0.138. The molecule has 5 nitrogen and oxygen atoms in total. The highest BCUT2D eigenvalue weighted by molar-refractivity contribution is 5.72. The minimum atomic E-state index is -0.372. The Balaban J connectivity index is 1.49. The zero-order valence-electron chi connectivity index (χ0n) is 15.2. The second kappa shape index (κ2) is 8.49. The van der Waals surface area contributed by atoms with Crippen LogP contribution in [0.2, 0.25) is 0 Å². The molecular weight excluding hydrogens is 349 g/mol. The first-order valence-corrected chi connectivity index (χ1v) is 8.55. The molecule has 0 fully saturated rings. The zero-order chi connectivity index (χ0) is 19.2. The molecule has 0 aliphatic carbocycles. The molecule has 1 aromatic heterocycles. The highest BCUT2D eigenvalue weighted by Crippen LogP contribution is 2.18. The maximum atomic E-state index is 13.1. The van der Waals surface area contributed by atoms with Crippen LogP contribution in [0.25, 0.3) is 0 Å². The normalized spacial score (nSPS) is 10.6. The van der Waals surface area contributed by atoms with Crippen LogP contribution < -0.4 is 4.74 Å². The number of ether oxygens (including phenoxy) is 2. The molecule has 0 unspecified atom stereocenters. The van der Waals surface area contributed by atoms with E-state index in [1.54, 1.807) is 24.3 Å². The summed E-state index contributed by atoms with van der Waals surface area (Å²) in [5.41, 5.74) is 3.17. The van der Waals surface area contributed by atoms with Gasteiger partial charge in [-0.3, -0.25) is 4.79 Å². The number of nitrogens with zero attached hydrogens (tertiary/aromatic N) is 1. The van der Waals surface area contributed by atoms with Crippen molar-refractivity contribution in [3.05, 3.63) is 82.5 Å². The Bertz CT molecular complexity index is 899. The lowest BCUT2D eigenvalue weighted by molar-refractivity contribution is -0.144. The lowest BCUT2D eigenvalue weighted by atomic mass is 10.1. The van der Waals surface area contributed by atoms with Crippen molar-refractivity contribution >= 4 is 5.97 Å². The number of aromatic nitrogens is 1. The first kappa shape index (κ1) is 18.6. The molecule has 0 aliphatic rings. The van der Waals surface area contributed by atoms with E-state index in [0.717, 1.165) is 22.6 Å². The molecule has 3 aromatic rings. The summed E-state index contributed by atoms with van der Waals surface area (Å²) < 4.78 is 29.1. The van der Waals surface area contributed by atoms with Gasteiger partial charge >= 0.3 is 5.97 Å². The van der Waals surface area contributed by atoms with Crippen molar-refractivity contribution < 1.29 is 23.2 Å². The Morgan fingerprint density at radius 1 is 1.07 bits per heavy atom. The predicted molar refractivity (Wildman–Crippen MR) is 96.7 cm³/mol. The third-order valence-electron chi connectivity index (χ3n) is 4.13. The molecule has 6 heteroatoms. The van der Waals surface area contributed by atoms with Gasteiger partial charge in [0.25, 0.3) is 0 Å². The lowest BCUT2D eigenvalue weighted by Gasteiger charge is -2.08. The molecule has 0 N–H and O–H groups in total. The molecule has 0 amide bonds. The molecule has 0 bridgehead atoms. The van der Waals surface area contributed by atoms with Gasteiger partial charge in [0.2, 0.25) is 0 Å². The smallest absolute Gasteiger partial charge is 0.310 e. The summed E-state index contributed by atoms with van der Waals surface area (Å²) in [5.74, 6) is 0.705. The highest BCUT2D eigenvalue weighted by atomic mass is 19.1. The monoisotopic (exact) mass is 369 g/mol. The van der Waals surface area contributed by atoms with E-state index in [2.05, 4.69) is 5.16 Å². The van der Waals surface area contributed by atoms with Gasteiger partial charge in [0.15, 0.2) is 0 Å². The average Bonchev–Trinajstić information content (AvgIpc) is 2.97. The van der Waals surface area contributed by atoms with Gasteiger partial charge in [0.1, 0.15) is 30.5 Å². The number of hydrogen-bond acceptors (Lipinski definition) is 5. The molecule has 27 heavy (non-hydrogen) atoms. The van der Waals surface area contributed by atoms with Gasteiger partial charge in [-0.05, 0) is 49.2 Å². The van der Waals surface area contributed by atoms with Gasteiger partial charge in [0, 0.05) is 0 Å². The molecule has 1 heterocycles. The van der Waals surface area contributed by atoms with Crippen molar-refractivity contribution in [3.63, 3.8) is 0 Å². The van der Waals surface area contributed by atoms with Crippen LogP contribution in [0, 0.1) is 19.7 Å². The van der Waals surface area contributed by atoms with Gasteiger partial charge < -0.3 is 14.0 Å². The molecule has 0 spiro atoms. The molecule has 0 saturated heterocycles. The third kappa shape index (κ3) is 5.17. The molecule has 0 saturated carbocycles.